The summed E-state index contributed by atoms with van der Waals surface area (Å²) in [7, 11) is 0. The monoisotopic (exact) mass is 367 g/mol. The van der Waals surface area contributed by atoms with E-state index in [0.717, 1.165) is 0 Å². The van der Waals surface area contributed by atoms with Gasteiger partial charge in [-0.25, -0.2) is 19.2 Å². The molecule has 1 rings (SSSR count). The highest BCUT2D eigenvalue weighted by Gasteiger charge is 2.24. The fourth-order valence-corrected chi connectivity index (χ4v) is 2.00. The predicted octanol–water partition coefficient (Wildman–Crippen LogP) is 3.52. The number of carboxylic acids is 4. The van der Waals surface area contributed by atoms with Crippen molar-refractivity contribution in [1.82, 2.24) is 0 Å². The third-order valence-electron chi connectivity index (χ3n) is 3.62. The minimum absolute atomic E-state index is 0.511. The number of benzene rings is 1. The van der Waals surface area contributed by atoms with Crippen molar-refractivity contribution in [3.05, 3.63) is 41.3 Å². The van der Waals surface area contributed by atoms with Crippen LogP contribution in [0.1, 0.15) is 81.0 Å². The molecule has 0 heterocycles. The van der Waals surface area contributed by atoms with Crippen LogP contribution in [-0.2, 0) is 0 Å². The van der Waals surface area contributed by atoms with Crippen LogP contribution in [-0.4, -0.2) is 44.3 Å². The van der Waals surface area contributed by atoms with Gasteiger partial charge in [0.25, 0.3) is 0 Å². The summed E-state index contributed by atoms with van der Waals surface area (Å²) in [4.78, 5) is 43.1. The van der Waals surface area contributed by atoms with Crippen LogP contribution < -0.4 is 0 Å². The molecule has 0 aliphatic heterocycles. The summed E-state index contributed by atoms with van der Waals surface area (Å²) in [6, 6.07) is 1.02. The van der Waals surface area contributed by atoms with E-state index >= 15 is 0 Å². The van der Waals surface area contributed by atoms with Crippen LogP contribution in [0.2, 0.25) is 0 Å². The van der Waals surface area contributed by atoms with E-state index in [0.29, 0.717) is 18.1 Å². The average Bonchev–Trinajstić information content (AvgIpc) is 2.58. The van der Waals surface area contributed by atoms with Gasteiger partial charge in [-0.2, -0.15) is 0 Å². The second-order valence-electron chi connectivity index (χ2n) is 5.58. The third kappa shape index (κ3) is 6.92. The number of hydrogen-bond donors (Lipinski definition) is 4. The molecule has 1 radical (unpaired) electrons. The predicted molar refractivity (Wildman–Crippen MR) is 92.9 cm³/mol. The lowest BCUT2D eigenvalue weighted by atomic mass is 9.98. The number of carbonyl (C=O) groups is 4. The molecule has 0 amide bonds. The topological polar surface area (TPSA) is 149 Å². The highest BCUT2D eigenvalue weighted by atomic mass is 16.4. The van der Waals surface area contributed by atoms with Gasteiger partial charge in [0.1, 0.15) is 0 Å². The van der Waals surface area contributed by atoms with Crippen molar-refractivity contribution in [3.8, 4) is 0 Å². The third-order valence-corrected chi connectivity index (χ3v) is 3.62. The molecule has 1 unspecified atom stereocenters. The molecule has 4 N–H and O–H groups in total. The van der Waals surface area contributed by atoms with Crippen LogP contribution in [0.15, 0.2) is 12.1 Å². The van der Waals surface area contributed by atoms with E-state index < -0.39 is 46.1 Å². The molecule has 0 saturated carbocycles. The van der Waals surface area contributed by atoms with Crippen molar-refractivity contribution in [2.75, 3.05) is 0 Å². The van der Waals surface area contributed by atoms with Crippen LogP contribution in [0, 0.1) is 12.8 Å². The molecule has 1 aromatic rings. The van der Waals surface area contributed by atoms with Crippen LogP contribution in [0.4, 0.5) is 0 Å². The van der Waals surface area contributed by atoms with E-state index in [1.54, 1.807) is 0 Å². The fourth-order valence-electron chi connectivity index (χ4n) is 2.00. The molecule has 0 aliphatic carbocycles. The molecule has 0 saturated heterocycles. The largest absolute Gasteiger partial charge is 0.478 e. The van der Waals surface area contributed by atoms with E-state index in [-0.39, 0.29) is 0 Å². The zero-order valence-corrected chi connectivity index (χ0v) is 14.7. The van der Waals surface area contributed by atoms with Crippen molar-refractivity contribution in [1.29, 1.82) is 0 Å². The van der Waals surface area contributed by atoms with Crippen LogP contribution in [0.25, 0.3) is 0 Å². The van der Waals surface area contributed by atoms with Crippen molar-refractivity contribution in [2.24, 2.45) is 5.92 Å². The molecule has 0 spiro atoms. The lowest BCUT2D eigenvalue weighted by Crippen LogP contribution is -2.15. The van der Waals surface area contributed by atoms with Gasteiger partial charge in [-0.1, -0.05) is 46.5 Å². The minimum Gasteiger partial charge on any atom is -0.478 e. The van der Waals surface area contributed by atoms with E-state index in [2.05, 4.69) is 20.8 Å². The SMILES string of the molecule is O=C(O)c1cc(C(=O)O)c(C(=O)O)cc1C(=O)O.[CH2]C(CC)CCCC. The van der Waals surface area contributed by atoms with Gasteiger partial charge in [0, 0.05) is 0 Å². The second-order valence-corrected chi connectivity index (χ2v) is 5.58. The van der Waals surface area contributed by atoms with Crippen molar-refractivity contribution >= 4 is 23.9 Å². The lowest BCUT2D eigenvalue weighted by molar-refractivity contribution is 0.0637. The molecule has 1 atom stereocenters. The maximum absolute atomic E-state index is 10.8. The zero-order chi connectivity index (χ0) is 20.4. The molecule has 1 aromatic carbocycles. The molecule has 26 heavy (non-hydrogen) atoms. The quantitative estimate of drug-likeness (QED) is 0.545. The van der Waals surface area contributed by atoms with Gasteiger partial charge in [0.15, 0.2) is 0 Å². The van der Waals surface area contributed by atoms with Crippen LogP contribution in [0.3, 0.4) is 0 Å². The van der Waals surface area contributed by atoms with Crippen LogP contribution in [0.5, 0.6) is 0 Å². The van der Waals surface area contributed by atoms with Crippen molar-refractivity contribution in [3.63, 3.8) is 0 Å². The first-order valence-electron chi connectivity index (χ1n) is 8.00. The number of aromatic carboxylic acids is 4. The summed E-state index contributed by atoms with van der Waals surface area (Å²) < 4.78 is 0. The maximum atomic E-state index is 10.8. The Morgan fingerprint density at radius 1 is 0.808 bits per heavy atom. The first-order valence-corrected chi connectivity index (χ1v) is 8.00. The number of unbranched alkanes of at least 4 members (excludes halogenated alkanes) is 1. The van der Waals surface area contributed by atoms with Gasteiger partial charge in [-0.3, -0.25) is 0 Å². The van der Waals surface area contributed by atoms with Crippen LogP contribution >= 0.6 is 0 Å². The molecule has 0 aliphatic rings. The molecule has 8 heteroatoms. The number of carboxylic acid groups (broad SMARTS) is 4. The second kappa shape index (κ2) is 10.9. The summed E-state index contributed by atoms with van der Waals surface area (Å²) in [6.07, 6.45) is 5.21. The van der Waals surface area contributed by atoms with Gasteiger partial charge in [0.05, 0.1) is 22.3 Å². The summed E-state index contributed by atoms with van der Waals surface area (Å²) in [6.45, 7) is 8.42. The first-order chi connectivity index (χ1) is 12.1. The maximum Gasteiger partial charge on any atom is 0.336 e. The van der Waals surface area contributed by atoms with E-state index in [1.807, 2.05) is 0 Å². The Morgan fingerprint density at radius 3 is 1.31 bits per heavy atom. The Morgan fingerprint density at radius 2 is 1.12 bits per heavy atom. The number of hydrogen-bond acceptors (Lipinski definition) is 4. The summed E-state index contributed by atoms with van der Waals surface area (Å²) in [5.74, 6) is -5.94. The Bertz CT molecular complexity index is 580. The van der Waals surface area contributed by atoms with Gasteiger partial charge in [-0.05, 0) is 18.1 Å². The van der Waals surface area contributed by atoms with Gasteiger partial charge >= 0.3 is 23.9 Å². The lowest BCUT2D eigenvalue weighted by Gasteiger charge is -2.06. The zero-order valence-electron chi connectivity index (χ0n) is 14.7. The highest BCUT2D eigenvalue weighted by molar-refractivity contribution is 6.09. The first kappa shape index (κ1) is 23.1. The summed E-state index contributed by atoms with van der Waals surface area (Å²) in [5, 5.41) is 35.0. The Labute approximate surface area is 151 Å². The Balaban J connectivity index is 0.000000660. The highest BCUT2D eigenvalue weighted by Crippen LogP contribution is 2.18. The summed E-state index contributed by atoms with van der Waals surface area (Å²) in [5.41, 5.74) is -3.15. The minimum atomic E-state index is -1.66. The van der Waals surface area contributed by atoms with Gasteiger partial charge in [-0.15, -0.1) is 0 Å². The molecular formula is C18H23O8. The van der Waals surface area contributed by atoms with Gasteiger partial charge < -0.3 is 20.4 Å². The smallest absolute Gasteiger partial charge is 0.336 e. The molecular weight excluding hydrogens is 344 g/mol. The normalized spacial score (nSPS) is 11.0. The summed E-state index contributed by atoms with van der Waals surface area (Å²) >= 11 is 0. The molecule has 143 valence electrons. The van der Waals surface area contributed by atoms with Crippen molar-refractivity contribution < 1.29 is 39.6 Å². The van der Waals surface area contributed by atoms with E-state index in [9.17, 15) is 19.2 Å². The Kier molecular flexibility index (Phi) is 9.65. The average molecular weight is 367 g/mol. The fraction of sp³-hybridized carbons (Fsp3) is 0.389. The molecule has 0 aromatic heterocycles. The van der Waals surface area contributed by atoms with Gasteiger partial charge in [0.2, 0.25) is 0 Å². The van der Waals surface area contributed by atoms with E-state index in [1.165, 1.54) is 25.7 Å². The van der Waals surface area contributed by atoms with E-state index in [4.69, 9.17) is 20.4 Å². The standard InChI is InChI=1S/C10H6O8.C8H17/c11-7(12)3-1-4(8(13)14)6(10(17)18)2-5(3)9(15)16;1-4-6-7-8(3)5-2/h1-2H,(H,11,12)(H,13,14)(H,15,16)(H,17,18);8H,3-7H2,1-2H3. The van der Waals surface area contributed by atoms with Crippen molar-refractivity contribution in [2.45, 2.75) is 39.5 Å². The molecule has 8 nitrogen and oxygen atoms in total. The molecule has 0 bridgehead atoms. The Hall–Kier alpha value is -2.90. The number of rotatable bonds is 8. The molecule has 0 fully saturated rings.